The van der Waals surface area contributed by atoms with Crippen molar-refractivity contribution in [2.24, 2.45) is 0 Å². The van der Waals surface area contributed by atoms with Crippen LogP contribution in [0, 0.1) is 6.92 Å². The molecule has 5 heteroatoms. The van der Waals surface area contributed by atoms with E-state index < -0.39 is 11.7 Å². The summed E-state index contributed by atoms with van der Waals surface area (Å²) in [4.78, 5) is 3.62. The lowest BCUT2D eigenvalue weighted by molar-refractivity contribution is -0.137. The van der Waals surface area contributed by atoms with E-state index in [0.717, 1.165) is 17.8 Å². The van der Waals surface area contributed by atoms with Crippen LogP contribution in [-0.4, -0.2) is 4.98 Å². The molecule has 0 saturated carbocycles. The molecular formula is C13H11F3N2. The van der Waals surface area contributed by atoms with Crippen LogP contribution in [0.4, 0.5) is 19.0 Å². The molecule has 2 aromatic rings. The molecule has 0 aliphatic rings. The van der Waals surface area contributed by atoms with Crippen LogP contribution in [0.15, 0.2) is 36.5 Å². The van der Waals surface area contributed by atoms with Crippen molar-refractivity contribution < 1.29 is 13.2 Å². The second kappa shape index (κ2) is 4.33. The molecule has 0 bridgehead atoms. The summed E-state index contributed by atoms with van der Waals surface area (Å²) >= 11 is 0. The van der Waals surface area contributed by atoms with Crippen LogP contribution < -0.4 is 5.73 Å². The third kappa shape index (κ3) is 2.30. The Morgan fingerprint density at radius 2 is 1.78 bits per heavy atom. The van der Waals surface area contributed by atoms with Gasteiger partial charge in [0.1, 0.15) is 5.82 Å². The molecule has 2 rings (SSSR count). The first-order valence-corrected chi connectivity index (χ1v) is 5.28. The van der Waals surface area contributed by atoms with Gasteiger partial charge in [0.2, 0.25) is 0 Å². The molecular weight excluding hydrogens is 241 g/mol. The Morgan fingerprint density at radius 1 is 1.11 bits per heavy atom. The fourth-order valence-electron chi connectivity index (χ4n) is 1.72. The Balaban J connectivity index is 2.61. The van der Waals surface area contributed by atoms with Gasteiger partial charge in [0.25, 0.3) is 0 Å². The first-order chi connectivity index (χ1) is 8.39. The van der Waals surface area contributed by atoms with Gasteiger partial charge in [0.05, 0.1) is 5.56 Å². The Morgan fingerprint density at radius 3 is 2.39 bits per heavy atom. The molecule has 0 fully saturated rings. The molecule has 2 nitrogen and oxygen atoms in total. The maximum Gasteiger partial charge on any atom is 0.417 e. The first-order valence-electron chi connectivity index (χ1n) is 5.28. The van der Waals surface area contributed by atoms with E-state index in [0.29, 0.717) is 11.1 Å². The van der Waals surface area contributed by atoms with Gasteiger partial charge in [-0.05, 0) is 24.1 Å². The summed E-state index contributed by atoms with van der Waals surface area (Å²) in [5.41, 5.74) is 6.68. The number of pyridine rings is 1. The standard InChI is InChI=1S/C13H11F3N2/c1-8-4-2-3-5-10(8)11-6-9(13(14,15)16)7-18-12(11)17/h2-7H,1H3,(H2,17,18). The number of hydrogen-bond donors (Lipinski definition) is 1. The molecule has 0 unspecified atom stereocenters. The van der Waals surface area contributed by atoms with Gasteiger partial charge in [-0.15, -0.1) is 0 Å². The van der Waals surface area contributed by atoms with E-state index in [1.54, 1.807) is 12.1 Å². The number of aromatic nitrogens is 1. The minimum atomic E-state index is -4.42. The predicted molar refractivity (Wildman–Crippen MR) is 63.8 cm³/mol. The Kier molecular flexibility index (Phi) is 2.98. The van der Waals surface area contributed by atoms with Crippen LogP contribution in [0.25, 0.3) is 11.1 Å². The Bertz CT molecular complexity index is 577. The summed E-state index contributed by atoms with van der Waals surface area (Å²) < 4.78 is 37.9. The van der Waals surface area contributed by atoms with Crippen LogP contribution in [0.2, 0.25) is 0 Å². The topological polar surface area (TPSA) is 38.9 Å². The average molecular weight is 252 g/mol. The number of hydrogen-bond acceptors (Lipinski definition) is 2. The van der Waals surface area contributed by atoms with Gasteiger partial charge in [0, 0.05) is 11.8 Å². The summed E-state index contributed by atoms with van der Waals surface area (Å²) in [7, 11) is 0. The van der Waals surface area contributed by atoms with Crippen molar-refractivity contribution in [2.45, 2.75) is 13.1 Å². The number of aryl methyl sites for hydroxylation is 1. The minimum Gasteiger partial charge on any atom is -0.383 e. The van der Waals surface area contributed by atoms with E-state index in [2.05, 4.69) is 4.98 Å². The quantitative estimate of drug-likeness (QED) is 0.841. The molecule has 0 atom stereocenters. The maximum absolute atomic E-state index is 12.6. The largest absolute Gasteiger partial charge is 0.417 e. The Hall–Kier alpha value is -2.04. The third-order valence-corrected chi connectivity index (χ3v) is 2.68. The van der Waals surface area contributed by atoms with Crippen molar-refractivity contribution in [3.63, 3.8) is 0 Å². The Labute approximate surface area is 102 Å². The van der Waals surface area contributed by atoms with Crippen LogP contribution in [-0.2, 0) is 6.18 Å². The van der Waals surface area contributed by atoms with Gasteiger partial charge >= 0.3 is 6.18 Å². The second-order valence-corrected chi connectivity index (χ2v) is 3.97. The molecule has 0 radical (unpaired) electrons. The van der Waals surface area contributed by atoms with Gasteiger partial charge < -0.3 is 5.73 Å². The number of nitrogen functional groups attached to an aromatic ring is 1. The predicted octanol–water partition coefficient (Wildman–Crippen LogP) is 3.66. The fraction of sp³-hybridized carbons (Fsp3) is 0.154. The zero-order valence-corrected chi connectivity index (χ0v) is 9.62. The fourth-order valence-corrected chi connectivity index (χ4v) is 1.72. The number of anilines is 1. The summed E-state index contributed by atoms with van der Waals surface area (Å²) in [6, 6.07) is 8.14. The van der Waals surface area contributed by atoms with Crippen molar-refractivity contribution in [3.8, 4) is 11.1 Å². The van der Waals surface area contributed by atoms with Crippen LogP contribution >= 0.6 is 0 Å². The van der Waals surface area contributed by atoms with Crippen molar-refractivity contribution in [3.05, 3.63) is 47.7 Å². The van der Waals surface area contributed by atoms with Gasteiger partial charge in [-0.3, -0.25) is 0 Å². The van der Waals surface area contributed by atoms with E-state index in [4.69, 9.17) is 5.73 Å². The smallest absolute Gasteiger partial charge is 0.383 e. The van der Waals surface area contributed by atoms with Crippen molar-refractivity contribution in [1.82, 2.24) is 4.98 Å². The lowest BCUT2D eigenvalue weighted by Gasteiger charge is -2.12. The van der Waals surface area contributed by atoms with Crippen molar-refractivity contribution >= 4 is 5.82 Å². The minimum absolute atomic E-state index is 0.0947. The second-order valence-electron chi connectivity index (χ2n) is 3.97. The first kappa shape index (κ1) is 12.4. The normalized spacial score (nSPS) is 11.6. The number of nitrogens with zero attached hydrogens (tertiary/aromatic N) is 1. The molecule has 0 aliphatic carbocycles. The highest BCUT2D eigenvalue weighted by Gasteiger charge is 2.31. The maximum atomic E-state index is 12.6. The average Bonchev–Trinajstić information content (AvgIpc) is 2.29. The summed E-state index contributed by atoms with van der Waals surface area (Å²) in [5.74, 6) is 0.0947. The number of benzene rings is 1. The zero-order valence-electron chi connectivity index (χ0n) is 9.62. The molecule has 18 heavy (non-hydrogen) atoms. The molecule has 0 spiro atoms. The molecule has 1 heterocycles. The highest BCUT2D eigenvalue weighted by molar-refractivity contribution is 5.76. The number of halogens is 3. The molecule has 0 saturated heterocycles. The third-order valence-electron chi connectivity index (χ3n) is 2.68. The van der Waals surface area contributed by atoms with E-state index in [9.17, 15) is 13.2 Å². The lowest BCUT2D eigenvalue weighted by Crippen LogP contribution is -2.07. The monoisotopic (exact) mass is 252 g/mol. The molecule has 1 aromatic heterocycles. The van der Waals surface area contributed by atoms with Crippen molar-refractivity contribution in [2.75, 3.05) is 5.73 Å². The van der Waals surface area contributed by atoms with E-state index in [1.165, 1.54) is 0 Å². The summed E-state index contributed by atoms with van der Waals surface area (Å²) in [6.07, 6.45) is -3.67. The number of nitrogens with two attached hydrogens (primary N) is 1. The van der Waals surface area contributed by atoms with Crippen LogP contribution in [0.3, 0.4) is 0 Å². The molecule has 0 amide bonds. The van der Waals surface area contributed by atoms with E-state index in [1.807, 2.05) is 19.1 Å². The zero-order chi connectivity index (χ0) is 13.3. The highest BCUT2D eigenvalue weighted by atomic mass is 19.4. The molecule has 2 N–H and O–H groups in total. The van der Waals surface area contributed by atoms with E-state index >= 15 is 0 Å². The summed E-state index contributed by atoms with van der Waals surface area (Å²) in [6.45, 7) is 1.81. The molecule has 0 aliphatic heterocycles. The van der Waals surface area contributed by atoms with Gasteiger partial charge in [-0.1, -0.05) is 24.3 Å². The molecule has 1 aromatic carbocycles. The summed E-state index contributed by atoms with van der Waals surface area (Å²) in [5, 5.41) is 0. The lowest BCUT2D eigenvalue weighted by atomic mass is 10.00. The number of rotatable bonds is 1. The van der Waals surface area contributed by atoms with Gasteiger partial charge in [0.15, 0.2) is 0 Å². The van der Waals surface area contributed by atoms with Gasteiger partial charge in [-0.25, -0.2) is 4.98 Å². The van der Waals surface area contributed by atoms with Crippen molar-refractivity contribution in [1.29, 1.82) is 0 Å². The number of alkyl halides is 3. The SMILES string of the molecule is Cc1ccccc1-c1cc(C(F)(F)F)cnc1N. The highest BCUT2D eigenvalue weighted by Crippen LogP contribution is 2.34. The van der Waals surface area contributed by atoms with E-state index in [-0.39, 0.29) is 5.82 Å². The van der Waals surface area contributed by atoms with Crippen LogP contribution in [0.1, 0.15) is 11.1 Å². The van der Waals surface area contributed by atoms with Gasteiger partial charge in [-0.2, -0.15) is 13.2 Å². The van der Waals surface area contributed by atoms with Crippen LogP contribution in [0.5, 0.6) is 0 Å². The molecule has 94 valence electrons.